The first kappa shape index (κ1) is 21.0. The number of nitrogens with one attached hydrogen (secondary N) is 2. The topological polar surface area (TPSA) is 85.9 Å². The molecule has 0 saturated carbocycles. The third-order valence-corrected chi connectivity index (χ3v) is 5.28. The molecule has 0 radical (unpaired) electrons. The second-order valence-electron chi connectivity index (χ2n) is 8.89. The molecule has 0 bridgehead atoms. The number of nitrogens with zero attached hydrogens (tertiary/aromatic N) is 6. The Kier molecular flexibility index (Phi) is 5.99. The van der Waals surface area contributed by atoms with Gasteiger partial charge in [0, 0.05) is 43.4 Å². The molecule has 1 aromatic carbocycles. The molecule has 0 spiro atoms. The molecule has 0 atom stereocenters. The molecule has 2 aromatic heterocycles. The fraction of sp³-hybridized carbons (Fsp3) is 0.391. The van der Waals surface area contributed by atoms with Crippen molar-refractivity contribution in [3.8, 4) is 0 Å². The molecule has 31 heavy (non-hydrogen) atoms. The van der Waals surface area contributed by atoms with Gasteiger partial charge in [0.2, 0.25) is 11.9 Å². The number of benzene rings is 1. The van der Waals surface area contributed by atoms with E-state index >= 15 is 0 Å². The van der Waals surface area contributed by atoms with Gasteiger partial charge < -0.3 is 15.1 Å². The Hall–Kier alpha value is -3.26. The summed E-state index contributed by atoms with van der Waals surface area (Å²) in [5.74, 6) is 2.48. The van der Waals surface area contributed by atoms with E-state index in [1.165, 1.54) is 0 Å². The highest BCUT2D eigenvalue weighted by Gasteiger charge is 2.20. The lowest BCUT2D eigenvalue weighted by atomic mass is 9.92. The summed E-state index contributed by atoms with van der Waals surface area (Å²) in [7, 11) is 2.14. The summed E-state index contributed by atoms with van der Waals surface area (Å²) in [5, 5.41) is 10.7. The number of rotatable bonds is 5. The third-order valence-electron chi connectivity index (χ3n) is 5.28. The Balaban J connectivity index is 1.62. The summed E-state index contributed by atoms with van der Waals surface area (Å²) in [5.41, 5.74) is 2.13. The summed E-state index contributed by atoms with van der Waals surface area (Å²) in [6.45, 7) is 10.2. The van der Waals surface area contributed by atoms with Crippen LogP contribution < -0.4 is 10.2 Å². The summed E-state index contributed by atoms with van der Waals surface area (Å²) in [4.78, 5) is 18.5. The highest BCUT2D eigenvalue weighted by molar-refractivity contribution is 5.67. The molecule has 8 heteroatoms. The van der Waals surface area contributed by atoms with Gasteiger partial charge in [0.25, 0.3) is 0 Å². The van der Waals surface area contributed by atoms with Crippen molar-refractivity contribution in [3.63, 3.8) is 0 Å². The van der Waals surface area contributed by atoms with E-state index in [2.05, 4.69) is 70.2 Å². The maximum Gasteiger partial charge on any atom is 0.233 e. The van der Waals surface area contributed by atoms with Crippen LogP contribution in [0.5, 0.6) is 0 Å². The molecule has 2 N–H and O–H groups in total. The van der Waals surface area contributed by atoms with Crippen molar-refractivity contribution < 1.29 is 0 Å². The SMILES string of the molecule is CN1CCN(c2nc(/C=C/c3ccccc3)nc(Nc3cc(C(C)(C)C)[nH]n3)n2)CC1. The first-order valence-corrected chi connectivity index (χ1v) is 10.6. The molecule has 0 aliphatic carbocycles. The van der Waals surface area contributed by atoms with E-state index in [4.69, 9.17) is 9.97 Å². The number of hydrogen-bond donors (Lipinski definition) is 2. The van der Waals surface area contributed by atoms with Crippen molar-refractivity contribution in [2.75, 3.05) is 43.4 Å². The number of piperazine rings is 1. The van der Waals surface area contributed by atoms with Gasteiger partial charge in [-0.05, 0) is 18.7 Å². The summed E-state index contributed by atoms with van der Waals surface area (Å²) >= 11 is 0. The Bertz CT molecular complexity index is 1030. The Morgan fingerprint density at radius 1 is 0.968 bits per heavy atom. The van der Waals surface area contributed by atoms with Crippen LogP contribution in [-0.2, 0) is 5.41 Å². The van der Waals surface area contributed by atoms with Crippen molar-refractivity contribution in [2.24, 2.45) is 0 Å². The van der Waals surface area contributed by atoms with Gasteiger partial charge >= 0.3 is 0 Å². The van der Waals surface area contributed by atoms with Crippen molar-refractivity contribution in [1.29, 1.82) is 0 Å². The molecule has 1 aliphatic rings. The minimum absolute atomic E-state index is 0.0133. The largest absolute Gasteiger partial charge is 0.338 e. The first-order chi connectivity index (χ1) is 14.9. The number of H-pyrrole nitrogens is 1. The lowest BCUT2D eigenvalue weighted by Crippen LogP contribution is -2.45. The molecule has 1 saturated heterocycles. The van der Waals surface area contributed by atoms with Crippen LogP contribution in [0.4, 0.5) is 17.7 Å². The zero-order chi connectivity index (χ0) is 21.8. The van der Waals surface area contributed by atoms with Gasteiger partial charge in [-0.25, -0.2) is 0 Å². The van der Waals surface area contributed by atoms with Crippen molar-refractivity contribution in [1.82, 2.24) is 30.0 Å². The molecule has 162 valence electrons. The van der Waals surface area contributed by atoms with Crippen LogP contribution in [0.3, 0.4) is 0 Å². The number of anilines is 3. The highest BCUT2D eigenvalue weighted by Crippen LogP contribution is 2.23. The van der Waals surface area contributed by atoms with E-state index in [-0.39, 0.29) is 5.41 Å². The van der Waals surface area contributed by atoms with Gasteiger partial charge in [-0.1, -0.05) is 57.2 Å². The molecule has 8 nitrogen and oxygen atoms in total. The summed E-state index contributed by atoms with van der Waals surface area (Å²) in [6.07, 6.45) is 3.94. The predicted molar refractivity (Wildman–Crippen MR) is 125 cm³/mol. The summed E-state index contributed by atoms with van der Waals surface area (Å²) in [6, 6.07) is 12.1. The second-order valence-corrected chi connectivity index (χ2v) is 8.89. The third kappa shape index (κ3) is 5.46. The van der Waals surface area contributed by atoms with Gasteiger partial charge in [-0.3, -0.25) is 5.10 Å². The fourth-order valence-corrected chi connectivity index (χ4v) is 3.28. The van der Waals surface area contributed by atoms with Gasteiger partial charge in [-0.15, -0.1) is 0 Å². The Morgan fingerprint density at radius 2 is 1.71 bits per heavy atom. The van der Waals surface area contributed by atoms with E-state index < -0.39 is 0 Å². The standard InChI is InChI=1S/C23H30N8/c1-23(2,3)18-16-20(29-28-18)25-21-24-19(11-10-17-8-6-5-7-9-17)26-22(27-21)31-14-12-30(4)13-15-31/h5-11,16H,12-15H2,1-4H3,(H2,24,25,26,27,28,29)/b11-10+. The van der Waals surface area contributed by atoms with Crippen LogP contribution in [0.1, 0.15) is 37.9 Å². The fourth-order valence-electron chi connectivity index (χ4n) is 3.28. The van der Waals surface area contributed by atoms with E-state index in [1.54, 1.807) is 0 Å². The highest BCUT2D eigenvalue weighted by atomic mass is 15.3. The molecule has 0 unspecified atom stereocenters. The molecular formula is C23H30N8. The lowest BCUT2D eigenvalue weighted by Gasteiger charge is -2.32. The molecule has 4 rings (SSSR count). The maximum atomic E-state index is 4.71. The quantitative estimate of drug-likeness (QED) is 0.655. The lowest BCUT2D eigenvalue weighted by molar-refractivity contribution is 0.311. The van der Waals surface area contributed by atoms with E-state index in [1.807, 2.05) is 36.4 Å². The normalized spacial score (nSPS) is 15.5. The van der Waals surface area contributed by atoms with Crippen LogP contribution >= 0.6 is 0 Å². The molecule has 1 aliphatic heterocycles. The second kappa shape index (κ2) is 8.85. The predicted octanol–water partition coefficient (Wildman–Crippen LogP) is 3.56. The van der Waals surface area contributed by atoms with E-state index in [0.717, 1.165) is 37.4 Å². The van der Waals surface area contributed by atoms with Crippen LogP contribution in [0.25, 0.3) is 12.2 Å². The number of aromatic nitrogens is 5. The average molecular weight is 419 g/mol. The minimum atomic E-state index is -0.0133. The van der Waals surface area contributed by atoms with Crippen LogP contribution in [0.2, 0.25) is 0 Å². The van der Waals surface area contributed by atoms with Gasteiger partial charge in [0.15, 0.2) is 11.6 Å². The molecular weight excluding hydrogens is 388 g/mol. The van der Waals surface area contributed by atoms with Crippen molar-refractivity contribution in [2.45, 2.75) is 26.2 Å². The van der Waals surface area contributed by atoms with Gasteiger partial charge in [0.05, 0.1) is 0 Å². The molecule has 0 amide bonds. The zero-order valence-corrected chi connectivity index (χ0v) is 18.6. The van der Waals surface area contributed by atoms with Crippen molar-refractivity contribution in [3.05, 3.63) is 53.5 Å². The number of likely N-dealkylation sites (N-methyl/N-ethyl adjacent to an activating group) is 1. The molecule has 3 heterocycles. The van der Waals surface area contributed by atoms with Crippen molar-refractivity contribution >= 4 is 29.9 Å². The van der Waals surface area contributed by atoms with E-state index in [0.29, 0.717) is 23.5 Å². The number of aromatic amines is 1. The summed E-state index contributed by atoms with van der Waals surface area (Å²) < 4.78 is 0. The van der Waals surface area contributed by atoms with E-state index in [9.17, 15) is 0 Å². The first-order valence-electron chi connectivity index (χ1n) is 10.6. The zero-order valence-electron chi connectivity index (χ0n) is 18.6. The van der Waals surface area contributed by atoms with Crippen LogP contribution in [-0.4, -0.2) is 63.3 Å². The molecule has 1 fully saturated rings. The smallest absolute Gasteiger partial charge is 0.233 e. The van der Waals surface area contributed by atoms with Gasteiger partial charge in [-0.2, -0.15) is 20.1 Å². The minimum Gasteiger partial charge on any atom is -0.338 e. The monoisotopic (exact) mass is 418 g/mol. The Morgan fingerprint density at radius 3 is 2.39 bits per heavy atom. The maximum absolute atomic E-state index is 4.71. The van der Waals surface area contributed by atoms with Crippen LogP contribution in [0, 0.1) is 0 Å². The average Bonchev–Trinajstić information content (AvgIpc) is 3.22. The van der Waals surface area contributed by atoms with Crippen LogP contribution in [0.15, 0.2) is 36.4 Å². The molecule has 3 aromatic rings. The Labute approximate surface area is 183 Å². The number of hydrogen-bond acceptors (Lipinski definition) is 7. The van der Waals surface area contributed by atoms with Gasteiger partial charge in [0.1, 0.15) is 0 Å².